The van der Waals surface area contributed by atoms with Gasteiger partial charge in [-0.15, -0.1) is 0 Å². The zero-order chi connectivity index (χ0) is 10.6. The van der Waals surface area contributed by atoms with Gasteiger partial charge in [0.1, 0.15) is 0 Å². The first-order valence-corrected chi connectivity index (χ1v) is 5.30. The molecule has 1 heteroatoms. The lowest BCUT2D eigenvalue weighted by molar-refractivity contribution is 0.0420. The van der Waals surface area contributed by atoms with Crippen LogP contribution in [0.5, 0.6) is 0 Å². The molecule has 0 fully saturated rings. The Hall–Kier alpha value is -0.820. The van der Waals surface area contributed by atoms with Crippen molar-refractivity contribution in [2.24, 2.45) is 5.92 Å². The van der Waals surface area contributed by atoms with Crippen molar-refractivity contribution < 1.29 is 5.11 Å². The van der Waals surface area contributed by atoms with Gasteiger partial charge in [0.15, 0.2) is 0 Å². The molecule has 0 aromatic heterocycles. The van der Waals surface area contributed by atoms with Crippen LogP contribution in [-0.2, 0) is 5.60 Å². The summed E-state index contributed by atoms with van der Waals surface area (Å²) in [7, 11) is 0. The van der Waals surface area contributed by atoms with Crippen molar-refractivity contribution >= 4 is 0 Å². The first-order chi connectivity index (χ1) is 6.52. The lowest BCUT2D eigenvalue weighted by Gasteiger charge is -2.24. The standard InChI is InChI=1S/C13H20O/c1-11(2)9-10-13(3,14)12-7-5-4-6-8-12/h4-8,11,14H,9-10H2,1-3H3. The first kappa shape index (κ1) is 11.3. The summed E-state index contributed by atoms with van der Waals surface area (Å²) in [5, 5.41) is 10.2. The molecule has 0 aliphatic carbocycles. The number of aliphatic hydroxyl groups is 1. The van der Waals surface area contributed by atoms with Crippen LogP contribution in [0.3, 0.4) is 0 Å². The third kappa shape index (κ3) is 3.15. The summed E-state index contributed by atoms with van der Waals surface area (Å²) in [6, 6.07) is 9.89. The Morgan fingerprint density at radius 3 is 2.29 bits per heavy atom. The Bertz CT molecular complexity index is 262. The molecule has 1 rings (SSSR count). The predicted octanol–water partition coefficient (Wildman–Crippen LogP) is 3.33. The van der Waals surface area contributed by atoms with Crippen LogP contribution in [0.15, 0.2) is 30.3 Å². The molecule has 1 aromatic rings. The molecule has 0 spiro atoms. The van der Waals surface area contributed by atoms with Crippen LogP contribution in [0.25, 0.3) is 0 Å². The summed E-state index contributed by atoms with van der Waals surface area (Å²) in [6.45, 7) is 6.26. The van der Waals surface area contributed by atoms with Gasteiger partial charge >= 0.3 is 0 Å². The lowest BCUT2D eigenvalue weighted by Crippen LogP contribution is -2.21. The molecule has 1 aromatic carbocycles. The molecule has 0 aliphatic rings. The molecular weight excluding hydrogens is 172 g/mol. The van der Waals surface area contributed by atoms with E-state index in [-0.39, 0.29) is 0 Å². The van der Waals surface area contributed by atoms with E-state index in [0.29, 0.717) is 5.92 Å². The third-order valence-electron chi connectivity index (χ3n) is 2.60. The van der Waals surface area contributed by atoms with Gasteiger partial charge in [0, 0.05) is 0 Å². The molecule has 1 unspecified atom stereocenters. The minimum atomic E-state index is -0.675. The lowest BCUT2D eigenvalue weighted by atomic mass is 9.89. The molecule has 1 atom stereocenters. The monoisotopic (exact) mass is 192 g/mol. The molecule has 0 heterocycles. The van der Waals surface area contributed by atoms with Gasteiger partial charge in [-0.2, -0.15) is 0 Å². The van der Waals surface area contributed by atoms with Crippen molar-refractivity contribution in [2.45, 2.75) is 39.2 Å². The summed E-state index contributed by atoms with van der Waals surface area (Å²) in [5.41, 5.74) is 0.339. The summed E-state index contributed by atoms with van der Waals surface area (Å²) >= 11 is 0. The third-order valence-corrected chi connectivity index (χ3v) is 2.60. The molecule has 1 N–H and O–H groups in total. The highest BCUT2D eigenvalue weighted by molar-refractivity contribution is 5.21. The van der Waals surface area contributed by atoms with Crippen molar-refractivity contribution in [2.75, 3.05) is 0 Å². The van der Waals surface area contributed by atoms with Gasteiger partial charge in [-0.05, 0) is 31.2 Å². The topological polar surface area (TPSA) is 20.2 Å². The largest absolute Gasteiger partial charge is 0.385 e. The average molecular weight is 192 g/mol. The molecule has 0 aliphatic heterocycles. The van der Waals surface area contributed by atoms with Crippen LogP contribution >= 0.6 is 0 Å². The maximum absolute atomic E-state index is 10.2. The van der Waals surface area contributed by atoms with E-state index >= 15 is 0 Å². The molecule has 0 saturated carbocycles. The van der Waals surface area contributed by atoms with Crippen molar-refractivity contribution in [3.8, 4) is 0 Å². The minimum Gasteiger partial charge on any atom is -0.385 e. The van der Waals surface area contributed by atoms with Gasteiger partial charge in [-0.1, -0.05) is 44.2 Å². The Morgan fingerprint density at radius 1 is 1.21 bits per heavy atom. The quantitative estimate of drug-likeness (QED) is 0.775. The zero-order valence-electron chi connectivity index (χ0n) is 9.33. The number of hydrogen-bond acceptors (Lipinski definition) is 1. The van der Waals surface area contributed by atoms with Gasteiger partial charge in [0.2, 0.25) is 0 Å². The predicted molar refractivity (Wildman–Crippen MR) is 60.1 cm³/mol. The van der Waals surface area contributed by atoms with Gasteiger partial charge < -0.3 is 5.11 Å². The van der Waals surface area contributed by atoms with Crippen LogP contribution < -0.4 is 0 Å². The number of rotatable bonds is 4. The summed E-state index contributed by atoms with van der Waals surface area (Å²) in [6.07, 6.45) is 1.89. The van der Waals surface area contributed by atoms with Crippen LogP contribution in [0.4, 0.5) is 0 Å². The van der Waals surface area contributed by atoms with E-state index in [1.807, 2.05) is 37.3 Å². The summed E-state index contributed by atoms with van der Waals surface area (Å²) in [5.74, 6) is 0.644. The Morgan fingerprint density at radius 2 is 1.79 bits per heavy atom. The minimum absolute atomic E-state index is 0.644. The van der Waals surface area contributed by atoms with Gasteiger partial charge in [-0.25, -0.2) is 0 Å². The highest BCUT2D eigenvalue weighted by atomic mass is 16.3. The second-order valence-corrected chi connectivity index (χ2v) is 4.57. The molecule has 0 radical (unpaired) electrons. The van der Waals surface area contributed by atoms with Crippen molar-refractivity contribution in [3.63, 3.8) is 0 Å². The van der Waals surface area contributed by atoms with Crippen LogP contribution in [0.2, 0.25) is 0 Å². The highest BCUT2D eigenvalue weighted by Gasteiger charge is 2.22. The first-order valence-electron chi connectivity index (χ1n) is 5.30. The fourth-order valence-corrected chi connectivity index (χ4v) is 1.51. The maximum atomic E-state index is 10.2. The van der Waals surface area contributed by atoms with Gasteiger partial charge in [0.05, 0.1) is 5.60 Å². The second kappa shape index (κ2) is 4.61. The Kier molecular flexibility index (Phi) is 3.70. The van der Waals surface area contributed by atoms with E-state index in [9.17, 15) is 5.11 Å². The van der Waals surface area contributed by atoms with E-state index in [1.165, 1.54) is 0 Å². The molecule has 78 valence electrons. The van der Waals surface area contributed by atoms with E-state index in [1.54, 1.807) is 0 Å². The highest BCUT2D eigenvalue weighted by Crippen LogP contribution is 2.27. The second-order valence-electron chi connectivity index (χ2n) is 4.57. The molecule has 14 heavy (non-hydrogen) atoms. The Balaban J connectivity index is 2.66. The molecule has 0 saturated heterocycles. The number of hydrogen-bond donors (Lipinski definition) is 1. The number of benzene rings is 1. The van der Waals surface area contributed by atoms with E-state index in [4.69, 9.17) is 0 Å². The maximum Gasteiger partial charge on any atom is 0.0868 e. The van der Waals surface area contributed by atoms with Gasteiger partial charge in [-0.3, -0.25) is 0 Å². The summed E-state index contributed by atoms with van der Waals surface area (Å²) in [4.78, 5) is 0. The fraction of sp³-hybridized carbons (Fsp3) is 0.538. The average Bonchev–Trinajstić information content (AvgIpc) is 2.16. The smallest absolute Gasteiger partial charge is 0.0868 e. The normalized spacial score (nSPS) is 15.5. The Labute approximate surface area is 86.8 Å². The zero-order valence-corrected chi connectivity index (χ0v) is 9.33. The van der Waals surface area contributed by atoms with Crippen molar-refractivity contribution in [3.05, 3.63) is 35.9 Å². The van der Waals surface area contributed by atoms with Crippen LogP contribution in [0, 0.1) is 5.92 Å². The van der Waals surface area contributed by atoms with E-state index < -0.39 is 5.60 Å². The van der Waals surface area contributed by atoms with Crippen molar-refractivity contribution in [1.29, 1.82) is 0 Å². The van der Waals surface area contributed by atoms with E-state index in [2.05, 4.69) is 13.8 Å². The SMILES string of the molecule is CC(C)CCC(C)(O)c1ccccc1. The molecule has 1 nitrogen and oxygen atoms in total. The summed E-state index contributed by atoms with van der Waals surface area (Å²) < 4.78 is 0. The van der Waals surface area contributed by atoms with Crippen LogP contribution in [0.1, 0.15) is 39.2 Å². The van der Waals surface area contributed by atoms with E-state index in [0.717, 1.165) is 18.4 Å². The van der Waals surface area contributed by atoms with Gasteiger partial charge in [0.25, 0.3) is 0 Å². The molecule has 0 amide bonds. The van der Waals surface area contributed by atoms with Crippen molar-refractivity contribution in [1.82, 2.24) is 0 Å². The molecular formula is C13H20O. The van der Waals surface area contributed by atoms with Crippen LogP contribution in [-0.4, -0.2) is 5.11 Å². The fourth-order valence-electron chi connectivity index (χ4n) is 1.51. The molecule has 0 bridgehead atoms.